The van der Waals surface area contributed by atoms with Gasteiger partial charge in [0.2, 0.25) is 5.95 Å². The van der Waals surface area contributed by atoms with E-state index in [0.717, 1.165) is 16.6 Å². The molecule has 0 spiro atoms. The van der Waals surface area contributed by atoms with Gasteiger partial charge in [0.15, 0.2) is 0 Å². The zero-order valence-electron chi connectivity index (χ0n) is 15.2. The minimum atomic E-state index is -0.0900. The van der Waals surface area contributed by atoms with Crippen LogP contribution in [0.4, 0.5) is 5.95 Å². The normalized spacial score (nSPS) is 12.2. The monoisotopic (exact) mass is 337 g/mol. The fourth-order valence-electron chi connectivity index (χ4n) is 2.78. The predicted octanol–water partition coefficient (Wildman–Crippen LogP) is 3.17. The van der Waals surface area contributed by atoms with Gasteiger partial charge in [-0.3, -0.25) is 4.79 Å². The van der Waals surface area contributed by atoms with E-state index in [1.54, 1.807) is 18.1 Å². The number of H-pyrrole nitrogens is 1. The lowest BCUT2D eigenvalue weighted by molar-refractivity contribution is 0.0738. The highest BCUT2D eigenvalue weighted by Crippen LogP contribution is 2.25. The Morgan fingerprint density at radius 3 is 2.56 bits per heavy atom. The lowest BCUT2D eigenvalue weighted by Gasteiger charge is -2.25. The number of rotatable bonds is 4. The number of aromatic amines is 1. The number of benzene rings is 1. The molecule has 1 amide bonds. The highest BCUT2D eigenvalue weighted by Gasteiger charge is 2.22. The van der Waals surface area contributed by atoms with Crippen LogP contribution in [0.2, 0.25) is 0 Å². The van der Waals surface area contributed by atoms with Gasteiger partial charge in [0.25, 0.3) is 5.91 Å². The summed E-state index contributed by atoms with van der Waals surface area (Å²) in [6.07, 6.45) is 1.61. The van der Waals surface area contributed by atoms with Crippen LogP contribution in [0.25, 0.3) is 10.9 Å². The van der Waals surface area contributed by atoms with Crippen LogP contribution < -0.4 is 4.90 Å². The Balaban J connectivity index is 1.86. The number of hydrogen-bond acceptors (Lipinski definition) is 4. The third-order valence-electron chi connectivity index (χ3n) is 4.50. The Morgan fingerprint density at radius 2 is 1.92 bits per heavy atom. The number of nitrogens with zero attached hydrogens (tertiary/aromatic N) is 4. The van der Waals surface area contributed by atoms with Gasteiger partial charge in [-0.15, -0.1) is 0 Å². The Kier molecular flexibility index (Phi) is 4.44. The molecule has 2 heterocycles. The molecule has 0 aliphatic heterocycles. The predicted molar refractivity (Wildman–Crippen MR) is 99.9 cm³/mol. The van der Waals surface area contributed by atoms with E-state index < -0.39 is 0 Å². The first-order valence-corrected chi connectivity index (χ1v) is 8.24. The van der Waals surface area contributed by atoms with Crippen molar-refractivity contribution in [1.82, 2.24) is 19.9 Å². The van der Waals surface area contributed by atoms with Crippen LogP contribution in [-0.4, -0.2) is 46.9 Å². The molecule has 25 heavy (non-hydrogen) atoms. The molecule has 1 N–H and O–H groups in total. The van der Waals surface area contributed by atoms with Crippen molar-refractivity contribution >= 4 is 22.8 Å². The molecule has 6 heteroatoms. The average Bonchev–Trinajstić information content (AvgIpc) is 3.03. The maximum Gasteiger partial charge on any atom is 0.257 e. The highest BCUT2D eigenvalue weighted by atomic mass is 16.2. The third-order valence-corrected chi connectivity index (χ3v) is 4.50. The summed E-state index contributed by atoms with van der Waals surface area (Å²) in [6, 6.07) is 10.1. The van der Waals surface area contributed by atoms with Gasteiger partial charge in [-0.1, -0.05) is 18.2 Å². The molecule has 0 aliphatic rings. The van der Waals surface area contributed by atoms with Crippen LogP contribution in [0.15, 0.2) is 36.5 Å². The van der Waals surface area contributed by atoms with Crippen LogP contribution in [0, 0.1) is 6.92 Å². The lowest BCUT2D eigenvalue weighted by Crippen LogP contribution is -2.31. The molecular formula is C19H23N5O. The first-order chi connectivity index (χ1) is 11.9. The summed E-state index contributed by atoms with van der Waals surface area (Å²) in [6.45, 7) is 3.84. The largest absolute Gasteiger partial charge is 0.357 e. The molecule has 2 aromatic heterocycles. The van der Waals surface area contributed by atoms with E-state index in [4.69, 9.17) is 0 Å². The van der Waals surface area contributed by atoms with Gasteiger partial charge in [-0.2, -0.15) is 0 Å². The van der Waals surface area contributed by atoms with Gasteiger partial charge in [-0.25, -0.2) is 9.97 Å². The second-order valence-electron chi connectivity index (χ2n) is 6.47. The van der Waals surface area contributed by atoms with Crippen molar-refractivity contribution in [2.45, 2.75) is 19.9 Å². The number of fused-ring (bicyclic) bond motifs is 1. The minimum absolute atomic E-state index is 0.0889. The molecule has 6 nitrogen and oxygen atoms in total. The van der Waals surface area contributed by atoms with Crippen LogP contribution in [-0.2, 0) is 0 Å². The average molecular weight is 337 g/mol. The van der Waals surface area contributed by atoms with Crippen LogP contribution >= 0.6 is 0 Å². The van der Waals surface area contributed by atoms with Gasteiger partial charge in [0, 0.05) is 38.6 Å². The molecule has 1 aromatic carbocycles. The van der Waals surface area contributed by atoms with Crippen LogP contribution in [0.5, 0.6) is 0 Å². The van der Waals surface area contributed by atoms with E-state index in [9.17, 15) is 4.79 Å². The SMILES string of the molecule is Cc1nc(N(C)C)ncc1C(=O)N(C)C(C)c1cc2ccccc2[nH]1. The smallest absolute Gasteiger partial charge is 0.257 e. The Bertz CT molecular complexity index is 882. The number of nitrogens with one attached hydrogen (secondary N) is 1. The van der Waals surface area contributed by atoms with Gasteiger partial charge < -0.3 is 14.8 Å². The fourth-order valence-corrected chi connectivity index (χ4v) is 2.78. The first-order valence-electron chi connectivity index (χ1n) is 8.24. The number of amides is 1. The summed E-state index contributed by atoms with van der Waals surface area (Å²) in [5.74, 6) is 0.509. The standard InChI is InChI=1S/C19H23N5O/c1-12-15(11-20-19(21-12)23(3)4)18(25)24(5)13(2)17-10-14-8-6-7-9-16(14)22-17/h6-11,13,22H,1-5H3. The van der Waals surface area contributed by atoms with Crippen LogP contribution in [0.1, 0.15) is 34.7 Å². The molecule has 0 aliphatic carbocycles. The van der Waals surface area contributed by atoms with Gasteiger partial charge in [0.05, 0.1) is 17.3 Å². The highest BCUT2D eigenvalue weighted by molar-refractivity contribution is 5.95. The summed E-state index contributed by atoms with van der Waals surface area (Å²) < 4.78 is 0. The molecule has 3 rings (SSSR count). The quantitative estimate of drug-likeness (QED) is 0.794. The molecule has 0 saturated heterocycles. The Morgan fingerprint density at radius 1 is 1.20 bits per heavy atom. The van der Waals surface area contributed by atoms with Crippen molar-refractivity contribution in [3.63, 3.8) is 0 Å². The molecule has 0 bridgehead atoms. The van der Waals surface area contributed by atoms with E-state index in [1.165, 1.54) is 0 Å². The van der Waals surface area contributed by atoms with Crippen molar-refractivity contribution in [3.8, 4) is 0 Å². The van der Waals surface area contributed by atoms with E-state index in [2.05, 4.69) is 27.1 Å². The number of aromatic nitrogens is 3. The zero-order valence-corrected chi connectivity index (χ0v) is 15.2. The van der Waals surface area contributed by atoms with E-state index in [1.807, 2.05) is 51.0 Å². The zero-order chi connectivity index (χ0) is 18.1. The van der Waals surface area contributed by atoms with Crippen molar-refractivity contribution in [3.05, 3.63) is 53.5 Å². The number of para-hydroxylation sites is 1. The summed E-state index contributed by atoms with van der Waals surface area (Å²) in [5.41, 5.74) is 3.27. The van der Waals surface area contributed by atoms with E-state index >= 15 is 0 Å². The molecular weight excluding hydrogens is 314 g/mol. The fraction of sp³-hybridized carbons (Fsp3) is 0.316. The topological polar surface area (TPSA) is 65.1 Å². The molecule has 1 unspecified atom stereocenters. The summed E-state index contributed by atoms with van der Waals surface area (Å²) in [4.78, 5) is 28.5. The molecule has 0 fully saturated rings. The van der Waals surface area contributed by atoms with Crippen molar-refractivity contribution in [2.24, 2.45) is 0 Å². The second-order valence-corrected chi connectivity index (χ2v) is 6.47. The maximum atomic E-state index is 12.9. The van der Waals surface area contributed by atoms with Gasteiger partial charge in [-0.05, 0) is 31.4 Å². The summed E-state index contributed by atoms with van der Waals surface area (Å²) in [7, 11) is 5.55. The maximum absolute atomic E-state index is 12.9. The number of carbonyl (C=O) groups excluding carboxylic acids is 1. The summed E-state index contributed by atoms with van der Waals surface area (Å²) >= 11 is 0. The Labute approximate surface area is 147 Å². The van der Waals surface area contributed by atoms with E-state index in [-0.39, 0.29) is 11.9 Å². The van der Waals surface area contributed by atoms with Gasteiger partial charge in [0.1, 0.15) is 0 Å². The Hall–Kier alpha value is -2.89. The molecule has 0 saturated carbocycles. The summed E-state index contributed by atoms with van der Waals surface area (Å²) in [5, 5.41) is 1.14. The molecule has 3 aromatic rings. The number of aryl methyl sites for hydroxylation is 1. The molecule has 0 radical (unpaired) electrons. The van der Waals surface area contributed by atoms with Crippen molar-refractivity contribution < 1.29 is 4.79 Å². The second kappa shape index (κ2) is 6.55. The van der Waals surface area contributed by atoms with Crippen molar-refractivity contribution in [1.29, 1.82) is 0 Å². The lowest BCUT2D eigenvalue weighted by atomic mass is 10.1. The first kappa shape index (κ1) is 17.0. The van der Waals surface area contributed by atoms with E-state index in [0.29, 0.717) is 17.2 Å². The number of hydrogen-bond donors (Lipinski definition) is 1. The third kappa shape index (κ3) is 3.20. The van der Waals surface area contributed by atoms with Crippen LogP contribution in [0.3, 0.4) is 0 Å². The molecule has 130 valence electrons. The van der Waals surface area contributed by atoms with Gasteiger partial charge >= 0.3 is 0 Å². The van der Waals surface area contributed by atoms with Crippen molar-refractivity contribution in [2.75, 3.05) is 26.0 Å². The number of anilines is 1. The number of carbonyl (C=O) groups is 1. The molecule has 1 atom stereocenters. The minimum Gasteiger partial charge on any atom is -0.357 e.